The summed E-state index contributed by atoms with van der Waals surface area (Å²) in [6, 6.07) is -3.14. The maximum Gasteiger partial charge on any atom is 0.471 e. The van der Waals surface area contributed by atoms with Crippen molar-refractivity contribution in [1.82, 2.24) is 10.6 Å². The van der Waals surface area contributed by atoms with Crippen molar-refractivity contribution in [3.63, 3.8) is 0 Å². The zero-order chi connectivity index (χ0) is 39.5. The number of aliphatic hydroxyl groups excluding tert-OH is 4. The van der Waals surface area contributed by atoms with Gasteiger partial charge in [0, 0.05) is 14.2 Å². The molecule has 22 heteroatoms. The smallest absolute Gasteiger partial charge is 0.471 e. The number of nitrogens with one attached hydrogen (secondary N) is 2. The molecule has 3 aliphatic heterocycles. The van der Waals surface area contributed by atoms with E-state index in [2.05, 4.69) is 13.2 Å². The topological polar surface area (TPSA) is 213 Å². The summed E-state index contributed by atoms with van der Waals surface area (Å²) in [5.41, 5.74) is 0. The minimum atomic E-state index is -5.17. The summed E-state index contributed by atoms with van der Waals surface area (Å²) in [5.74, 6) is -5.99. The summed E-state index contributed by atoms with van der Waals surface area (Å²) in [7, 11) is 3.23. The molecule has 16 nitrogen and oxygen atoms in total. The summed E-state index contributed by atoms with van der Waals surface area (Å²) in [6.07, 6.45) is -18.9. The Balaban J connectivity index is 0.000000432. The van der Waals surface area contributed by atoms with Crippen molar-refractivity contribution in [2.75, 3.05) is 34.0 Å². The molecule has 3 heterocycles. The predicted molar refractivity (Wildman–Crippen MR) is 159 cm³/mol. The number of fused-ring (bicyclic) bond motifs is 1. The standard InChI is InChI=1S/C13H18F3NO6.C11H16F3NO6.C5H12O2/c1-4-20-10-7(17-11(19)13(14,15)16)8(18)9-6(22-10)5-21-12(2,3)23-9;1-2-3-20-9-6(15-10(19)11(12,13)14)8(18)7(17)5(4-16)21-9;1-5(2,6-3)7-4/h4,6-10,18H,1,5H2,2-3H3,(H,17,19);2,5-9,16-18H,1,3-4H2,(H,15,19);1-4H3/t6-,7-,8-,9-,10+;5-,6-,7-,8-,9+;/m11./s1. The van der Waals surface area contributed by atoms with Gasteiger partial charge in [0.2, 0.25) is 6.29 Å². The first kappa shape index (κ1) is 46.4. The Hall–Kier alpha value is -2.64. The second-order valence-corrected chi connectivity index (χ2v) is 11.8. The molecule has 0 aromatic heterocycles. The summed E-state index contributed by atoms with van der Waals surface area (Å²) in [5, 5.41) is 41.9. The van der Waals surface area contributed by atoms with Gasteiger partial charge in [-0.3, -0.25) is 9.59 Å². The van der Waals surface area contributed by atoms with E-state index < -0.39 is 104 Å². The van der Waals surface area contributed by atoms with Crippen molar-refractivity contribution in [2.24, 2.45) is 0 Å². The van der Waals surface area contributed by atoms with Gasteiger partial charge < -0.3 is 69.0 Å². The van der Waals surface area contributed by atoms with Crippen LogP contribution < -0.4 is 10.6 Å². The van der Waals surface area contributed by atoms with E-state index in [1.54, 1.807) is 33.4 Å². The number of carbonyl (C=O) groups excluding carboxylic acids is 2. The third-order valence-corrected chi connectivity index (χ3v) is 7.27. The van der Waals surface area contributed by atoms with Gasteiger partial charge in [-0.25, -0.2) is 0 Å². The van der Waals surface area contributed by atoms with Crippen LogP contribution in [0.2, 0.25) is 0 Å². The fraction of sp³-hybridized carbons (Fsp3) is 0.793. The van der Waals surface area contributed by atoms with E-state index >= 15 is 0 Å². The van der Waals surface area contributed by atoms with Crippen molar-refractivity contribution < 1.29 is 94.3 Å². The Morgan fingerprint density at radius 3 is 1.80 bits per heavy atom. The van der Waals surface area contributed by atoms with E-state index in [1.165, 1.54) is 11.4 Å². The van der Waals surface area contributed by atoms with Gasteiger partial charge in [0.1, 0.15) is 48.7 Å². The van der Waals surface area contributed by atoms with Crippen LogP contribution in [0.3, 0.4) is 0 Å². The highest BCUT2D eigenvalue weighted by molar-refractivity contribution is 5.82. The number of rotatable bonds is 10. The summed E-state index contributed by atoms with van der Waals surface area (Å²) in [6.45, 7) is 12.7. The van der Waals surface area contributed by atoms with Crippen molar-refractivity contribution in [3.05, 3.63) is 25.5 Å². The molecule has 3 fully saturated rings. The number of hydrogen-bond donors (Lipinski definition) is 6. The number of ether oxygens (including phenoxy) is 8. The van der Waals surface area contributed by atoms with Crippen molar-refractivity contribution in [1.29, 1.82) is 0 Å². The number of aliphatic hydroxyl groups is 4. The molecule has 0 unspecified atom stereocenters. The molecule has 3 rings (SSSR count). The lowest BCUT2D eigenvalue weighted by Gasteiger charge is -2.49. The molecule has 2 amide bonds. The van der Waals surface area contributed by atoms with E-state index in [9.17, 15) is 51.3 Å². The number of halogens is 6. The van der Waals surface area contributed by atoms with Gasteiger partial charge in [0.05, 0.1) is 26.1 Å². The maximum atomic E-state index is 12.5. The van der Waals surface area contributed by atoms with Crippen LogP contribution in [-0.4, -0.2) is 151 Å². The third kappa shape index (κ3) is 14.0. The third-order valence-electron chi connectivity index (χ3n) is 7.27. The Morgan fingerprint density at radius 1 is 0.882 bits per heavy atom. The molecule has 51 heavy (non-hydrogen) atoms. The molecular formula is C29H46F6N2O14. The van der Waals surface area contributed by atoms with Crippen molar-refractivity contribution in [3.8, 4) is 0 Å². The largest absolute Gasteiger partial charge is 0.471 e. The molecule has 10 atom stereocenters. The molecule has 0 aromatic carbocycles. The van der Waals surface area contributed by atoms with Crippen LogP contribution in [0.5, 0.6) is 0 Å². The Bertz CT molecular complexity index is 1120. The van der Waals surface area contributed by atoms with Crippen LogP contribution in [0.4, 0.5) is 26.3 Å². The van der Waals surface area contributed by atoms with E-state index in [0.717, 1.165) is 6.26 Å². The van der Waals surface area contributed by atoms with E-state index in [0.29, 0.717) is 0 Å². The van der Waals surface area contributed by atoms with Gasteiger partial charge in [0.25, 0.3) is 0 Å². The molecule has 0 aliphatic carbocycles. The molecular weight excluding hydrogens is 714 g/mol. The van der Waals surface area contributed by atoms with E-state index in [1.807, 2.05) is 13.8 Å². The quantitative estimate of drug-likeness (QED) is 0.0756. The van der Waals surface area contributed by atoms with Crippen molar-refractivity contribution >= 4 is 11.8 Å². The average molecular weight is 761 g/mol. The van der Waals surface area contributed by atoms with Crippen LogP contribution in [0.15, 0.2) is 25.5 Å². The SMILES string of the molecule is C=CCO[C@H]1O[C@H](CO)[C@@H](O)[C@H](O)[C@H]1NC(=O)C(F)(F)F.C=CO[C@H]1O[C@@H]2COC(C)(C)O[C@H]2[C@H](O)[C@H]1NC(=O)C(F)(F)F.COC(C)(C)OC. The molecule has 0 bridgehead atoms. The summed E-state index contributed by atoms with van der Waals surface area (Å²) < 4.78 is 115. The molecule has 0 aromatic rings. The highest BCUT2D eigenvalue weighted by atomic mass is 19.4. The summed E-state index contributed by atoms with van der Waals surface area (Å²) in [4.78, 5) is 22.1. The van der Waals surface area contributed by atoms with Crippen LogP contribution in [-0.2, 0) is 47.5 Å². The van der Waals surface area contributed by atoms with Crippen LogP contribution in [0, 0.1) is 0 Å². The average Bonchev–Trinajstić information content (AvgIpc) is 3.04. The van der Waals surface area contributed by atoms with Gasteiger partial charge in [0.15, 0.2) is 17.9 Å². The monoisotopic (exact) mass is 760 g/mol. The first-order valence-corrected chi connectivity index (χ1v) is 15.0. The first-order chi connectivity index (χ1) is 23.4. The van der Waals surface area contributed by atoms with Gasteiger partial charge in [-0.1, -0.05) is 12.7 Å². The minimum absolute atomic E-state index is 0.0473. The minimum Gasteiger partial charge on any atom is -0.471 e. The maximum absolute atomic E-state index is 12.5. The van der Waals surface area contributed by atoms with E-state index in [-0.39, 0.29) is 13.2 Å². The number of carbonyl (C=O) groups is 2. The molecule has 298 valence electrons. The van der Waals surface area contributed by atoms with Crippen LogP contribution >= 0.6 is 0 Å². The second kappa shape index (κ2) is 19.4. The normalized spacial score (nSPS) is 32.0. The zero-order valence-electron chi connectivity index (χ0n) is 28.6. The van der Waals surface area contributed by atoms with E-state index in [4.69, 9.17) is 43.0 Å². The first-order valence-electron chi connectivity index (χ1n) is 15.0. The lowest BCUT2D eigenvalue weighted by Crippen LogP contribution is -2.69. The molecule has 6 N–H and O–H groups in total. The van der Waals surface area contributed by atoms with Gasteiger partial charge >= 0.3 is 24.2 Å². The Morgan fingerprint density at radius 2 is 1.39 bits per heavy atom. The number of amides is 2. The lowest BCUT2D eigenvalue weighted by atomic mass is 9.95. The highest BCUT2D eigenvalue weighted by Crippen LogP contribution is 2.33. The zero-order valence-corrected chi connectivity index (χ0v) is 28.6. The Labute approximate surface area is 289 Å². The predicted octanol–water partition coefficient (Wildman–Crippen LogP) is 0.121. The fourth-order valence-electron chi connectivity index (χ4n) is 4.30. The molecule has 3 saturated heterocycles. The number of hydrogen-bond acceptors (Lipinski definition) is 14. The van der Waals surface area contributed by atoms with Gasteiger partial charge in [-0.2, -0.15) is 26.3 Å². The van der Waals surface area contributed by atoms with Gasteiger partial charge in [-0.05, 0) is 27.7 Å². The number of alkyl halides is 6. The Kier molecular flexibility index (Phi) is 17.7. The molecule has 0 spiro atoms. The highest BCUT2D eigenvalue weighted by Gasteiger charge is 2.54. The molecule has 0 radical (unpaired) electrons. The van der Waals surface area contributed by atoms with Crippen LogP contribution in [0.25, 0.3) is 0 Å². The molecule has 0 saturated carbocycles. The van der Waals surface area contributed by atoms with Crippen molar-refractivity contribution in [2.45, 2.75) is 113 Å². The fourth-order valence-corrected chi connectivity index (χ4v) is 4.30. The molecule has 3 aliphatic rings. The second-order valence-electron chi connectivity index (χ2n) is 11.8. The summed E-state index contributed by atoms with van der Waals surface area (Å²) >= 11 is 0. The van der Waals surface area contributed by atoms with Crippen LogP contribution in [0.1, 0.15) is 27.7 Å². The lowest BCUT2D eigenvalue weighted by molar-refractivity contribution is -0.364. The number of methoxy groups -OCH3 is 2. The van der Waals surface area contributed by atoms with Gasteiger partial charge in [-0.15, -0.1) is 6.58 Å².